The molecule has 2 heterocycles. The van der Waals surface area contributed by atoms with E-state index in [2.05, 4.69) is 10.6 Å². The van der Waals surface area contributed by atoms with Crippen molar-refractivity contribution in [1.82, 2.24) is 10.6 Å². The number of nitrogens with one attached hydrogen (secondary N) is 2. The second-order valence-electron chi connectivity index (χ2n) is 7.83. The number of rotatable bonds is 1. The highest BCUT2D eigenvalue weighted by molar-refractivity contribution is 6.47. The van der Waals surface area contributed by atoms with E-state index in [1.807, 2.05) is 27.7 Å². The quantitative estimate of drug-likeness (QED) is 0.574. The molecule has 0 aromatic heterocycles. The molecule has 2 N–H and O–H groups in total. The fraction of sp³-hybridized carbons (Fsp3) is 0.867. The molecule has 122 valence electrons. The van der Waals surface area contributed by atoms with Gasteiger partial charge in [0.05, 0.1) is 11.2 Å². The molecule has 2 aliphatic heterocycles. The van der Waals surface area contributed by atoms with Gasteiger partial charge in [-0.1, -0.05) is 19.3 Å². The van der Waals surface area contributed by atoms with E-state index >= 15 is 0 Å². The first kappa shape index (κ1) is 15.8. The third kappa shape index (κ3) is 2.44. The van der Waals surface area contributed by atoms with Gasteiger partial charge in [-0.15, -0.1) is 0 Å². The van der Waals surface area contributed by atoms with E-state index in [9.17, 15) is 9.59 Å². The maximum atomic E-state index is 12.3. The Balaban J connectivity index is 1.80. The van der Waals surface area contributed by atoms with Crippen LogP contribution in [-0.4, -0.2) is 35.8 Å². The molecule has 7 heteroatoms. The standard InChI is InChI=1S/C15H25BN2O4/c1-13(2)14(3,4)22-16(21-13)10-7-5-6-8-15(9-10)11(19)17-12(20)18-15/h10H,5-9H2,1-4H3,(H2,17,18,19,20). The zero-order valence-electron chi connectivity index (χ0n) is 13.8. The maximum absolute atomic E-state index is 12.3. The van der Waals surface area contributed by atoms with Gasteiger partial charge in [-0.25, -0.2) is 4.79 Å². The molecule has 6 nitrogen and oxygen atoms in total. The number of amides is 3. The largest absolute Gasteiger partial charge is 0.461 e. The van der Waals surface area contributed by atoms with Gasteiger partial charge in [0.1, 0.15) is 5.54 Å². The topological polar surface area (TPSA) is 76.7 Å². The Labute approximate surface area is 131 Å². The minimum absolute atomic E-state index is 0.104. The summed E-state index contributed by atoms with van der Waals surface area (Å²) in [7, 11) is -0.328. The van der Waals surface area contributed by atoms with Crippen LogP contribution in [0.2, 0.25) is 5.82 Å². The molecule has 3 rings (SSSR count). The monoisotopic (exact) mass is 308 g/mol. The molecule has 3 fully saturated rings. The normalized spacial score (nSPS) is 37.1. The summed E-state index contributed by atoms with van der Waals surface area (Å²) in [6, 6.07) is -0.389. The van der Waals surface area contributed by atoms with Crippen LogP contribution in [0, 0.1) is 0 Å². The van der Waals surface area contributed by atoms with E-state index in [0.29, 0.717) is 12.8 Å². The molecule has 1 saturated carbocycles. The minimum Gasteiger partial charge on any atom is -0.403 e. The summed E-state index contributed by atoms with van der Waals surface area (Å²) in [5.74, 6) is -0.103. The van der Waals surface area contributed by atoms with Crippen molar-refractivity contribution in [2.45, 2.75) is 82.4 Å². The van der Waals surface area contributed by atoms with E-state index in [-0.39, 0.29) is 36.1 Å². The summed E-state index contributed by atoms with van der Waals surface area (Å²) < 4.78 is 12.3. The number of carbonyl (C=O) groups is 2. The lowest BCUT2D eigenvalue weighted by Crippen LogP contribution is -2.48. The molecule has 3 aliphatic rings. The molecular formula is C15H25BN2O4. The summed E-state index contributed by atoms with van der Waals surface area (Å²) in [4.78, 5) is 23.8. The van der Waals surface area contributed by atoms with Crippen molar-refractivity contribution in [1.29, 1.82) is 0 Å². The average molecular weight is 308 g/mol. The molecule has 0 bridgehead atoms. The van der Waals surface area contributed by atoms with Crippen molar-refractivity contribution < 1.29 is 18.9 Å². The Morgan fingerprint density at radius 2 is 1.73 bits per heavy atom. The second kappa shape index (κ2) is 4.96. The van der Waals surface area contributed by atoms with Crippen molar-refractivity contribution in [2.24, 2.45) is 0 Å². The van der Waals surface area contributed by atoms with Gasteiger partial charge in [0.2, 0.25) is 0 Å². The van der Waals surface area contributed by atoms with Crippen LogP contribution in [0.25, 0.3) is 0 Å². The average Bonchev–Trinajstić information content (AvgIpc) is 2.67. The van der Waals surface area contributed by atoms with Gasteiger partial charge < -0.3 is 14.6 Å². The van der Waals surface area contributed by atoms with Crippen molar-refractivity contribution in [2.75, 3.05) is 0 Å². The van der Waals surface area contributed by atoms with Crippen LogP contribution in [-0.2, 0) is 14.1 Å². The van der Waals surface area contributed by atoms with E-state index in [4.69, 9.17) is 9.31 Å². The predicted molar refractivity (Wildman–Crippen MR) is 82.3 cm³/mol. The highest BCUT2D eigenvalue weighted by Crippen LogP contribution is 2.45. The fourth-order valence-electron chi connectivity index (χ4n) is 3.65. The molecule has 0 aromatic carbocycles. The lowest BCUT2D eigenvalue weighted by atomic mass is 9.65. The third-order valence-corrected chi connectivity index (χ3v) is 5.71. The number of urea groups is 1. The van der Waals surface area contributed by atoms with Crippen LogP contribution in [0.1, 0.15) is 59.8 Å². The van der Waals surface area contributed by atoms with Gasteiger partial charge in [0.25, 0.3) is 5.91 Å². The third-order valence-electron chi connectivity index (χ3n) is 5.71. The van der Waals surface area contributed by atoms with Gasteiger partial charge in [0.15, 0.2) is 0 Å². The van der Waals surface area contributed by atoms with Crippen molar-refractivity contribution in [3.05, 3.63) is 0 Å². The Kier molecular flexibility index (Phi) is 3.56. The SMILES string of the molecule is CC1(C)OB(C2CCCCC3(C2)NC(=O)NC3=O)OC1(C)C. The summed E-state index contributed by atoms with van der Waals surface area (Å²) in [5, 5.41) is 5.22. The number of hydrogen-bond donors (Lipinski definition) is 2. The van der Waals surface area contributed by atoms with Crippen LogP contribution in [0.15, 0.2) is 0 Å². The van der Waals surface area contributed by atoms with Gasteiger partial charge in [-0.2, -0.15) is 0 Å². The summed E-state index contributed by atoms with van der Waals surface area (Å²) in [5.41, 5.74) is -1.54. The lowest BCUT2D eigenvalue weighted by molar-refractivity contribution is -0.124. The summed E-state index contributed by atoms with van der Waals surface area (Å²) in [6.07, 6.45) is 4.13. The Morgan fingerprint density at radius 1 is 1.09 bits per heavy atom. The predicted octanol–water partition coefficient (Wildman–Crippen LogP) is 1.99. The van der Waals surface area contributed by atoms with Crippen LogP contribution in [0.4, 0.5) is 4.79 Å². The first-order valence-electron chi connectivity index (χ1n) is 8.14. The van der Waals surface area contributed by atoms with Crippen LogP contribution in [0.5, 0.6) is 0 Å². The first-order valence-corrected chi connectivity index (χ1v) is 8.14. The molecule has 0 aromatic rings. The van der Waals surface area contributed by atoms with Crippen LogP contribution >= 0.6 is 0 Å². The molecule has 2 atom stereocenters. The first-order chi connectivity index (χ1) is 10.2. The Morgan fingerprint density at radius 3 is 2.27 bits per heavy atom. The number of carbonyl (C=O) groups excluding carboxylic acids is 2. The summed E-state index contributed by atoms with van der Waals surface area (Å²) >= 11 is 0. The van der Waals surface area contributed by atoms with E-state index in [0.717, 1.165) is 19.3 Å². The zero-order valence-corrected chi connectivity index (χ0v) is 13.8. The number of imide groups is 1. The molecule has 1 aliphatic carbocycles. The van der Waals surface area contributed by atoms with Crippen LogP contribution in [0.3, 0.4) is 0 Å². The van der Waals surface area contributed by atoms with Gasteiger partial charge >= 0.3 is 13.1 Å². The highest BCUT2D eigenvalue weighted by atomic mass is 16.7. The second-order valence-corrected chi connectivity index (χ2v) is 7.83. The molecule has 2 saturated heterocycles. The molecule has 22 heavy (non-hydrogen) atoms. The molecule has 3 amide bonds. The zero-order chi connectivity index (χ0) is 16.2. The fourth-order valence-corrected chi connectivity index (χ4v) is 3.65. The Bertz CT molecular complexity index is 492. The van der Waals surface area contributed by atoms with E-state index < -0.39 is 5.54 Å². The van der Waals surface area contributed by atoms with Crippen molar-refractivity contribution in [3.8, 4) is 0 Å². The van der Waals surface area contributed by atoms with Gasteiger partial charge in [-0.05, 0) is 46.4 Å². The van der Waals surface area contributed by atoms with Gasteiger partial charge in [-0.3, -0.25) is 10.1 Å². The minimum atomic E-state index is -0.790. The molecular weight excluding hydrogens is 283 g/mol. The van der Waals surface area contributed by atoms with Crippen LogP contribution < -0.4 is 10.6 Å². The highest BCUT2D eigenvalue weighted by Gasteiger charge is 2.57. The molecule has 1 spiro atoms. The lowest BCUT2D eigenvalue weighted by Gasteiger charge is -2.32. The smallest absolute Gasteiger partial charge is 0.403 e. The van der Waals surface area contributed by atoms with E-state index in [1.54, 1.807) is 0 Å². The van der Waals surface area contributed by atoms with Crippen molar-refractivity contribution in [3.63, 3.8) is 0 Å². The van der Waals surface area contributed by atoms with Crippen molar-refractivity contribution >= 4 is 19.1 Å². The Hall–Kier alpha value is -1.08. The maximum Gasteiger partial charge on any atom is 0.461 e. The number of hydrogen-bond acceptors (Lipinski definition) is 4. The van der Waals surface area contributed by atoms with E-state index in [1.165, 1.54) is 0 Å². The summed E-state index contributed by atoms with van der Waals surface area (Å²) in [6.45, 7) is 8.13. The molecule has 2 unspecified atom stereocenters. The van der Waals surface area contributed by atoms with Gasteiger partial charge in [0, 0.05) is 0 Å². The molecule has 0 radical (unpaired) electrons.